The summed E-state index contributed by atoms with van der Waals surface area (Å²) in [7, 11) is 3.25. The molecule has 0 aliphatic rings. The van der Waals surface area contributed by atoms with Gasteiger partial charge in [-0.15, -0.1) is 19.7 Å². The highest BCUT2D eigenvalue weighted by atomic mass is 16.4. The van der Waals surface area contributed by atoms with Crippen LogP contribution < -0.4 is 11.1 Å². The van der Waals surface area contributed by atoms with Crippen molar-refractivity contribution in [1.82, 2.24) is 0 Å². The minimum Gasteiger partial charge on any atom is -0.398 e. The van der Waals surface area contributed by atoms with E-state index in [9.17, 15) is 9.59 Å². The fourth-order valence-corrected chi connectivity index (χ4v) is 2.37. The van der Waals surface area contributed by atoms with Gasteiger partial charge in [-0.05, 0) is 37.0 Å². The first kappa shape index (κ1) is 41.4. The minimum absolute atomic E-state index is 0.205. The van der Waals surface area contributed by atoms with Crippen LogP contribution in [0.3, 0.4) is 0 Å². The summed E-state index contributed by atoms with van der Waals surface area (Å²) in [4.78, 5) is 22.0. The van der Waals surface area contributed by atoms with Gasteiger partial charge >= 0.3 is 0 Å². The largest absolute Gasteiger partial charge is 0.398 e. The highest BCUT2D eigenvalue weighted by molar-refractivity contribution is 5.94. The molecule has 0 spiro atoms. The number of nitrogen functional groups attached to an aromatic ring is 1. The Bertz CT molecular complexity index is 902. The van der Waals surface area contributed by atoms with Gasteiger partial charge in [0.2, 0.25) is 5.91 Å². The molecular formula is C33H52N2O3. The van der Waals surface area contributed by atoms with Gasteiger partial charge in [0, 0.05) is 43.6 Å². The van der Waals surface area contributed by atoms with Crippen LogP contribution in [-0.4, -0.2) is 26.4 Å². The maximum Gasteiger partial charge on any atom is 0.221 e. The lowest BCUT2D eigenvalue weighted by molar-refractivity contribution is -0.114. The molecule has 0 saturated heterocycles. The highest BCUT2D eigenvalue weighted by Gasteiger charge is 2.06. The molecule has 0 bridgehead atoms. The summed E-state index contributed by atoms with van der Waals surface area (Å²) in [5.41, 5.74) is 9.35. The summed E-state index contributed by atoms with van der Waals surface area (Å²) in [6.07, 6.45) is 11.0. The normalized spacial score (nSPS) is 9.00. The summed E-state index contributed by atoms with van der Waals surface area (Å²) >= 11 is 0. The predicted octanol–water partition coefficient (Wildman–Crippen LogP) is 9.11. The summed E-state index contributed by atoms with van der Waals surface area (Å²) in [5.74, 6) is 0.453. The number of methoxy groups -OCH3 is 1. The molecule has 0 radical (unpaired) electrons. The number of benzene rings is 2. The van der Waals surface area contributed by atoms with Crippen molar-refractivity contribution < 1.29 is 14.3 Å². The summed E-state index contributed by atoms with van der Waals surface area (Å²) in [5, 5.41) is 2.60. The van der Waals surface area contributed by atoms with Gasteiger partial charge in [0.15, 0.2) is 6.29 Å². The van der Waals surface area contributed by atoms with Gasteiger partial charge in [0.25, 0.3) is 0 Å². The van der Waals surface area contributed by atoms with Crippen molar-refractivity contribution in [2.24, 2.45) is 0 Å². The minimum atomic E-state index is -0.205. The summed E-state index contributed by atoms with van der Waals surface area (Å²) in [6, 6.07) is 13.7. The molecule has 2 aromatic rings. The van der Waals surface area contributed by atoms with E-state index in [4.69, 9.17) is 5.73 Å². The molecule has 0 saturated carbocycles. The third-order valence-corrected chi connectivity index (χ3v) is 4.01. The standard InChI is InChI=1S/C14H16N2O2.C9H12.C4H8.C2H6O.C2H6.C2H4/c1-3-4-5-6-13-11(9-17)7-12(8-14(13)15)16-10(2)18;1-8(2)9-6-4-3-5-7-9;1-3-4-2;1-3-2;2*1-2/h3-9H,15H2,1-2H3,(H,16,18);3-8H,1-2H3;3H,1,4H2,2H3;1-2H3;1-2H3;1-2H2/b4-3+,6-5+;;;;;. The first-order valence-electron chi connectivity index (χ1n) is 12.7. The number of ether oxygens (including phenoxy) is 1. The zero-order chi connectivity index (χ0) is 30.4. The lowest BCUT2D eigenvalue weighted by atomic mass is 10.0. The summed E-state index contributed by atoms with van der Waals surface area (Å²) in [6.45, 7) is 23.2. The van der Waals surface area contributed by atoms with E-state index in [1.807, 2.05) is 45.1 Å². The molecular weight excluding hydrogens is 472 g/mol. The van der Waals surface area contributed by atoms with Crippen molar-refractivity contribution in [3.05, 3.63) is 103 Å². The van der Waals surface area contributed by atoms with Gasteiger partial charge in [0.05, 0.1) is 0 Å². The van der Waals surface area contributed by atoms with Crippen LogP contribution in [0, 0.1) is 0 Å². The summed E-state index contributed by atoms with van der Waals surface area (Å²) < 4.78 is 4.25. The Hall–Kier alpha value is -3.70. The molecule has 5 nitrogen and oxygen atoms in total. The number of hydrogen-bond donors (Lipinski definition) is 2. The molecule has 0 atom stereocenters. The van der Waals surface area contributed by atoms with E-state index in [1.54, 1.807) is 38.5 Å². The second kappa shape index (κ2) is 31.3. The second-order valence-electron chi connectivity index (χ2n) is 7.42. The van der Waals surface area contributed by atoms with Crippen LogP contribution in [0.1, 0.15) is 82.3 Å². The van der Waals surface area contributed by atoms with E-state index in [0.717, 1.165) is 12.7 Å². The Kier molecular flexibility index (Phi) is 34.2. The van der Waals surface area contributed by atoms with E-state index >= 15 is 0 Å². The smallest absolute Gasteiger partial charge is 0.221 e. The lowest BCUT2D eigenvalue weighted by Gasteiger charge is -2.08. The molecule has 212 valence electrons. The van der Waals surface area contributed by atoms with Crippen LogP contribution in [0.25, 0.3) is 6.08 Å². The van der Waals surface area contributed by atoms with E-state index < -0.39 is 0 Å². The Morgan fingerprint density at radius 1 is 1.08 bits per heavy atom. The molecule has 2 rings (SSSR count). The molecule has 0 unspecified atom stereocenters. The van der Waals surface area contributed by atoms with Crippen LogP contribution in [0.2, 0.25) is 0 Å². The Labute approximate surface area is 233 Å². The SMILES string of the molecule is C/C=C/C=C/c1c(N)cc(NC(C)=O)cc1C=O.C=C.C=CCC.CC.CC(C)c1ccccc1.COC. The van der Waals surface area contributed by atoms with Gasteiger partial charge in [-0.2, -0.15) is 0 Å². The average Bonchev–Trinajstić information content (AvgIpc) is 2.93. The van der Waals surface area contributed by atoms with Crippen LogP contribution in [-0.2, 0) is 9.53 Å². The molecule has 0 fully saturated rings. The molecule has 2 aromatic carbocycles. The Balaban J connectivity index is -0.000000240. The van der Waals surface area contributed by atoms with Crippen molar-refractivity contribution in [3.8, 4) is 0 Å². The number of allylic oxidation sites excluding steroid dienone is 4. The van der Waals surface area contributed by atoms with Crippen LogP contribution in [0.15, 0.2) is 86.5 Å². The number of nitrogens with two attached hydrogens (primary N) is 1. The number of carbonyl (C=O) groups is 2. The Morgan fingerprint density at radius 3 is 1.92 bits per heavy atom. The average molecular weight is 525 g/mol. The predicted molar refractivity (Wildman–Crippen MR) is 171 cm³/mol. The molecule has 0 aromatic heterocycles. The monoisotopic (exact) mass is 524 g/mol. The molecule has 0 aliphatic carbocycles. The van der Waals surface area contributed by atoms with Crippen molar-refractivity contribution in [2.75, 3.05) is 25.3 Å². The first-order valence-corrected chi connectivity index (χ1v) is 12.7. The molecule has 38 heavy (non-hydrogen) atoms. The van der Waals surface area contributed by atoms with E-state index in [1.165, 1.54) is 12.5 Å². The van der Waals surface area contributed by atoms with Crippen LogP contribution in [0.4, 0.5) is 11.4 Å². The topological polar surface area (TPSA) is 81.4 Å². The molecule has 0 aliphatic heterocycles. The fraction of sp³-hybridized carbons (Fsp3) is 0.333. The number of anilines is 2. The molecule has 1 amide bonds. The van der Waals surface area contributed by atoms with Crippen molar-refractivity contribution in [2.45, 2.75) is 60.8 Å². The van der Waals surface area contributed by atoms with E-state index in [2.05, 4.69) is 74.8 Å². The van der Waals surface area contributed by atoms with Crippen molar-refractivity contribution >= 4 is 29.6 Å². The number of rotatable bonds is 6. The number of hydrogen-bond acceptors (Lipinski definition) is 4. The lowest BCUT2D eigenvalue weighted by Crippen LogP contribution is -2.07. The van der Waals surface area contributed by atoms with Gasteiger partial charge in [0.1, 0.15) is 0 Å². The van der Waals surface area contributed by atoms with Crippen molar-refractivity contribution in [1.29, 1.82) is 0 Å². The molecule has 0 heterocycles. The van der Waals surface area contributed by atoms with E-state index in [-0.39, 0.29) is 5.91 Å². The van der Waals surface area contributed by atoms with E-state index in [0.29, 0.717) is 28.4 Å². The number of carbonyl (C=O) groups excluding carboxylic acids is 2. The van der Waals surface area contributed by atoms with Gasteiger partial charge < -0.3 is 15.8 Å². The number of aldehydes is 1. The Morgan fingerprint density at radius 2 is 1.58 bits per heavy atom. The number of nitrogens with one attached hydrogen (secondary N) is 1. The van der Waals surface area contributed by atoms with Crippen LogP contribution >= 0.6 is 0 Å². The van der Waals surface area contributed by atoms with Crippen LogP contribution in [0.5, 0.6) is 0 Å². The molecule has 5 heteroatoms. The fourth-order valence-electron chi connectivity index (χ4n) is 2.37. The zero-order valence-electron chi connectivity index (χ0n) is 25.2. The maximum absolute atomic E-state index is 11.0. The third kappa shape index (κ3) is 24.0. The first-order chi connectivity index (χ1) is 18.2. The van der Waals surface area contributed by atoms with Gasteiger partial charge in [-0.3, -0.25) is 9.59 Å². The number of amides is 1. The highest BCUT2D eigenvalue weighted by Crippen LogP contribution is 2.23. The quantitative estimate of drug-likeness (QED) is 0.171. The van der Waals surface area contributed by atoms with Gasteiger partial charge in [-0.25, -0.2) is 0 Å². The molecule has 3 N–H and O–H groups in total. The zero-order valence-corrected chi connectivity index (χ0v) is 25.2. The van der Waals surface area contributed by atoms with Crippen molar-refractivity contribution in [3.63, 3.8) is 0 Å². The second-order valence-corrected chi connectivity index (χ2v) is 7.42. The maximum atomic E-state index is 11.0. The third-order valence-electron chi connectivity index (χ3n) is 4.01. The van der Waals surface area contributed by atoms with Gasteiger partial charge in [-0.1, -0.05) is 95.3 Å².